The molecule has 106 valence electrons. The van der Waals surface area contributed by atoms with Gasteiger partial charge in [0.05, 0.1) is 13.2 Å². The van der Waals surface area contributed by atoms with Crippen molar-refractivity contribution in [3.05, 3.63) is 29.8 Å². The van der Waals surface area contributed by atoms with Crippen molar-refractivity contribution in [1.29, 1.82) is 0 Å². The number of morpholine rings is 1. The van der Waals surface area contributed by atoms with E-state index in [0.717, 1.165) is 17.7 Å². The molecule has 0 saturated carbocycles. The maximum Gasteiger partial charge on any atom is 0.334 e. The molecule has 0 aliphatic carbocycles. The van der Waals surface area contributed by atoms with Crippen LogP contribution in [0.1, 0.15) is 5.56 Å². The smallest absolute Gasteiger partial charge is 0.334 e. The van der Waals surface area contributed by atoms with Crippen LogP contribution in [0.25, 0.3) is 0 Å². The summed E-state index contributed by atoms with van der Waals surface area (Å²) in [6.07, 6.45) is -0.0835. The first-order valence-electron chi connectivity index (χ1n) is 6.65. The quantitative estimate of drug-likeness (QED) is 0.829. The summed E-state index contributed by atoms with van der Waals surface area (Å²) >= 11 is 0. The fraction of sp³-hybridized carbons (Fsp3) is 0.429. The first-order valence-corrected chi connectivity index (χ1v) is 6.65. The molecule has 2 amide bonds. The van der Waals surface area contributed by atoms with Gasteiger partial charge in [-0.05, 0) is 18.1 Å². The van der Waals surface area contributed by atoms with Gasteiger partial charge < -0.3 is 14.7 Å². The molecule has 0 bridgehead atoms. The van der Waals surface area contributed by atoms with E-state index in [4.69, 9.17) is 9.84 Å². The van der Waals surface area contributed by atoms with Gasteiger partial charge in [0.2, 0.25) is 0 Å². The first-order chi connectivity index (χ1) is 9.66. The largest absolute Gasteiger partial charge is 0.479 e. The number of amides is 2. The molecule has 0 aromatic heterocycles. The highest BCUT2D eigenvalue weighted by molar-refractivity contribution is 5.94. The minimum Gasteiger partial charge on any atom is -0.479 e. The summed E-state index contributed by atoms with van der Waals surface area (Å²) in [6.45, 7) is 1.44. The lowest BCUT2D eigenvalue weighted by molar-refractivity contribution is -0.154. The normalized spacial score (nSPS) is 21.7. The second-order valence-electron chi connectivity index (χ2n) is 4.96. The minimum absolute atomic E-state index is 0.104. The third-order valence-corrected chi connectivity index (χ3v) is 3.73. The number of ether oxygens (including phenoxy) is 1. The molecule has 6 nitrogen and oxygen atoms in total. The predicted molar refractivity (Wildman–Crippen MR) is 71.8 cm³/mol. The fourth-order valence-corrected chi connectivity index (χ4v) is 2.68. The van der Waals surface area contributed by atoms with Gasteiger partial charge in [-0.1, -0.05) is 18.2 Å². The lowest BCUT2D eigenvalue weighted by Crippen LogP contribution is -2.52. The molecule has 0 spiro atoms. The summed E-state index contributed by atoms with van der Waals surface area (Å²) in [5.41, 5.74) is 2.08. The van der Waals surface area contributed by atoms with E-state index in [1.165, 1.54) is 0 Å². The molecule has 2 aliphatic rings. The van der Waals surface area contributed by atoms with E-state index >= 15 is 0 Å². The van der Waals surface area contributed by atoms with E-state index in [-0.39, 0.29) is 19.2 Å². The highest BCUT2D eigenvalue weighted by Crippen LogP contribution is 2.28. The minimum atomic E-state index is -1.02. The lowest BCUT2D eigenvalue weighted by atomic mass is 10.2. The molecule has 0 radical (unpaired) electrons. The molecule has 6 heteroatoms. The number of carbonyl (C=O) groups excluding carboxylic acids is 1. The van der Waals surface area contributed by atoms with Crippen molar-refractivity contribution in [3.8, 4) is 0 Å². The van der Waals surface area contributed by atoms with E-state index in [1.807, 2.05) is 24.3 Å². The van der Waals surface area contributed by atoms with Gasteiger partial charge in [-0.3, -0.25) is 4.90 Å². The van der Waals surface area contributed by atoms with Gasteiger partial charge in [-0.2, -0.15) is 0 Å². The molecular formula is C14H16N2O4. The van der Waals surface area contributed by atoms with Gasteiger partial charge in [0.25, 0.3) is 0 Å². The number of fused-ring (bicyclic) bond motifs is 1. The van der Waals surface area contributed by atoms with Crippen molar-refractivity contribution in [1.82, 2.24) is 4.90 Å². The van der Waals surface area contributed by atoms with Gasteiger partial charge in [-0.15, -0.1) is 0 Å². The molecule has 1 aromatic carbocycles. The Kier molecular flexibility index (Phi) is 3.31. The monoisotopic (exact) mass is 276 g/mol. The average molecular weight is 276 g/mol. The molecule has 1 N–H and O–H groups in total. The van der Waals surface area contributed by atoms with Crippen LogP contribution in [0.2, 0.25) is 0 Å². The number of hydrogen-bond acceptors (Lipinski definition) is 3. The Morgan fingerprint density at radius 3 is 2.85 bits per heavy atom. The van der Waals surface area contributed by atoms with E-state index in [1.54, 1.807) is 9.80 Å². The number of anilines is 1. The topological polar surface area (TPSA) is 70.1 Å². The zero-order chi connectivity index (χ0) is 14.1. The molecule has 3 rings (SSSR count). The summed E-state index contributed by atoms with van der Waals surface area (Å²) in [7, 11) is 0. The van der Waals surface area contributed by atoms with Crippen LogP contribution in [0, 0.1) is 0 Å². The van der Waals surface area contributed by atoms with Crippen LogP contribution in [0.15, 0.2) is 24.3 Å². The van der Waals surface area contributed by atoms with E-state index in [2.05, 4.69) is 0 Å². The molecule has 1 unspecified atom stereocenters. The Hall–Kier alpha value is -2.08. The van der Waals surface area contributed by atoms with E-state index < -0.39 is 12.1 Å². The highest BCUT2D eigenvalue weighted by atomic mass is 16.5. The number of benzene rings is 1. The lowest BCUT2D eigenvalue weighted by Gasteiger charge is -2.33. The van der Waals surface area contributed by atoms with Crippen LogP contribution < -0.4 is 4.90 Å². The maximum atomic E-state index is 12.5. The summed E-state index contributed by atoms with van der Waals surface area (Å²) in [4.78, 5) is 26.8. The predicted octanol–water partition coefficient (Wildman–Crippen LogP) is 0.954. The van der Waals surface area contributed by atoms with Crippen molar-refractivity contribution >= 4 is 17.7 Å². The summed E-state index contributed by atoms with van der Waals surface area (Å²) in [5.74, 6) is -1.02. The van der Waals surface area contributed by atoms with Gasteiger partial charge >= 0.3 is 12.0 Å². The average Bonchev–Trinajstić information content (AvgIpc) is 2.90. The second kappa shape index (κ2) is 5.13. The number of nitrogens with zero attached hydrogens (tertiary/aromatic N) is 2. The fourth-order valence-electron chi connectivity index (χ4n) is 2.68. The molecular weight excluding hydrogens is 260 g/mol. The zero-order valence-corrected chi connectivity index (χ0v) is 11.0. The number of aliphatic carboxylic acids is 1. The van der Waals surface area contributed by atoms with Gasteiger partial charge in [0.1, 0.15) is 0 Å². The number of carbonyl (C=O) groups is 2. The molecule has 1 saturated heterocycles. The van der Waals surface area contributed by atoms with Crippen LogP contribution in [0.5, 0.6) is 0 Å². The number of urea groups is 1. The Labute approximate surface area is 116 Å². The Morgan fingerprint density at radius 1 is 1.25 bits per heavy atom. The Bertz CT molecular complexity index is 546. The van der Waals surface area contributed by atoms with Crippen molar-refractivity contribution < 1.29 is 19.4 Å². The van der Waals surface area contributed by atoms with E-state index in [0.29, 0.717) is 13.1 Å². The SMILES string of the molecule is O=C(O)C1CN(C(=O)N2CCc3ccccc32)CCO1. The van der Waals surface area contributed by atoms with Crippen LogP contribution in [-0.4, -0.2) is 54.4 Å². The third-order valence-electron chi connectivity index (χ3n) is 3.73. The van der Waals surface area contributed by atoms with Gasteiger partial charge in [0.15, 0.2) is 6.10 Å². The van der Waals surface area contributed by atoms with Crippen LogP contribution >= 0.6 is 0 Å². The summed E-state index contributed by atoms with van der Waals surface area (Å²) in [5, 5.41) is 8.98. The molecule has 1 fully saturated rings. The Morgan fingerprint density at radius 2 is 2.05 bits per heavy atom. The standard InChI is InChI=1S/C14H16N2O4/c17-13(18)12-9-15(7-8-20-12)14(19)16-6-5-10-3-1-2-4-11(10)16/h1-4,12H,5-9H2,(H,17,18). The van der Waals surface area contributed by atoms with Crippen molar-refractivity contribution in [2.24, 2.45) is 0 Å². The highest BCUT2D eigenvalue weighted by Gasteiger charge is 2.33. The number of carboxylic acids is 1. The van der Waals surface area contributed by atoms with Gasteiger partial charge in [-0.25, -0.2) is 9.59 Å². The number of rotatable bonds is 1. The number of para-hydroxylation sites is 1. The van der Waals surface area contributed by atoms with Crippen molar-refractivity contribution in [2.45, 2.75) is 12.5 Å². The van der Waals surface area contributed by atoms with E-state index in [9.17, 15) is 9.59 Å². The van der Waals surface area contributed by atoms with Crippen molar-refractivity contribution in [2.75, 3.05) is 31.1 Å². The third kappa shape index (κ3) is 2.22. The summed E-state index contributed by atoms with van der Waals surface area (Å²) < 4.78 is 5.14. The van der Waals surface area contributed by atoms with Crippen LogP contribution in [-0.2, 0) is 16.0 Å². The Balaban J connectivity index is 1.75. The molecule has 1 aromatic rings. The molecule has 1 atom stereocenters. The van der Waals surface area contributed by atoms with Crippen LogP contribution in [0.4, 0.5) is 10.5 Å². The molecule has 2 aliphatic heterocycles. The van der Waals surface area contributed by atoms with Crippen molar-refractivity contribution in [3.63, 3.8) is 0 Å². The number of hydrogen-bond donors (Lipinski definition) is 1. The van der Waals surface area contributed by atoms with Crippen LogP contribution in [0.3, 0.4) is 0 Å². The zero-order valence-electron chi connectivity index (χ0n) is 11.0. The maximum absolute atomic E-state index is 12.5. The molecule has 2 heterocycles. The first kappa shape index (κ1) is 12.9. The second-order valence-corrected chi connectivity index (χ2v) is 4.96. The molecule has 20 heavy (non-hydrogen) atoms. The summed E-state index contributed by atoms with van der Waals surface area (Å²) in [6, 6.07) is 7.67. The number of carboxylic acid groups (broad SMARTS) is 1. The van der Waals surface area contributed by atoms with Gasteiger partial charge in [0, 0.05) is 18.8 Å².